The minimum atomic E-state index is -0.973. The second-order valence-electron chi connectivity index (χ2n) is 6.50. The molecule has 0 aromatic rings. The van der Waals surface area contributed by atoms with Crippen LogP contribution < -0.4 is 5.32 Å². The first-order chi connectivity index (χ1) is 12.9. The molecule has 10 heteroatoms. The molecule has 1 heterocycles. The lowest BCUT2D eigenvalue weighted by molar-refractivity contribution is -0.149. The highest BCUT2D eigenvalue weighted by Gasteiger charge is 2.26. The van der Waals surface area contributed by atoms with Crippen molar-refractivity contribution in [3.8, 4) is 0 Å². The van der Waals surface area contributed by atoms with Gasteiger partial charge in [0.15, 0.2) is 0 Å². The fourth-order valence-corrected chi connectivity index (χ4v) is 2.51. The normalized spacial score (nSPS) is 17.4. The number of ether oxygens (including phenoxy) is 2. The van der Waals surface area contributed by atoms with Gasteiger partial charge < -0.3 is 25.2 Å². The van der Waals surface area contributed by atoms with Crippen LogP contribution in [-0.2, 0) is 23.9 Å². The van der Waals surface area contributed by atoms with Crippen LogP contribution in [0.5, 0.6) is 0 Å². The van der Waals surface area contributed by atoms with Gasteiger partial charge in [0.2, 0.25) is 11.7 Å². The maximum Gasteiger partial charge on any atom is 0.328 e. The number of esters is 1. The van der Waals surface area contributed by atoms with E-state index in [1.54, 1.807) is 6.92 Å². The van der Waals surface area contributed by atoms with E-state index in [0.717, 1.165) is 32.4 Å². The monoisotopic (exact) mass is 383 g/mol. The lowest BCUT2D eigenvalue weighted by atomic mass is 10.1. The number of amides is 1. The lowest BCUT2D eigenvalue weighted by Crippen LogP contribution is -2.47. The minimum absolute atomic E-state index is 0.0420. The Kier molecular flexibility index (Phi) is 10.4. The van der Waals surface area contributed by atoms with E-state index < -0.39 is 29.8 Å². The summed E-state index contributed by atoms with van der Waals surface area (Å²) in [7, 11) is 3.45. The Balaban J connectivity index is 2.52. The zero-order valence-electron chi connectivity index (χ0n) is 16.2. The molecule has 0 aliphatic carbocycles. The van der Waals surface area contributed by atoms with E-state index in [0.29, 0.717) is 6.54 Å². The molecule has 0 aromatic carbocycles. The molecule has 0 saturated carbocycles. The summed E-state index contributed by atoms with van der Waals surface area (Å²) in [5.41, 5.74) is 8.38. The Morgan fingerprint density at radius 2 is 1.93 bits per heavy atom. The first-order valence-electron chi connectivity index (χ1n) is 8.98. The van der Waals surface area contributed by atoms with E-state index in [4.69, 9.17) is 15.0 Å². The third-order valence-corrected chi connectivity index (χ3v) is 4.45. The summed E-state index contributed by atoms with van der Waals surface area (Å²) in [6.45, 7) is 6.13. The first-order valence-corrected chi connectivity index (χ1v) is 8.98. The van der Waals surface area contributed by atoms with E-state index in [9.17, 15) is 14.4 Å². The van der Waals surface area contributed by atoms with Crippen molar-refractivity contribution in [2.75, 3.05) is 53.5 Å². The number of rotatable bonds is 11. The number of nitrogens with zero attached hydrogens (tertiary/aromatic N) is 4. The molecule has 10 nitrogen and oxygen atoms in total. The molecule has 0 aromatic heterocycles. The molecular formula is C17H29N5O5. The van der Waals surface area contributed by atoms with E-state index in [-0.39, 0.29) is 19.4 Å². The maximum absolute atomic E-state index is 12.4. The number of hydrogen-bond acceptors (Lipinski definition) is 7. The van der Waals surface area contributed by atoms with Gasteiger partial charge in [0.1, 0.15) is 18.8 Å². The molecule has 1 N–H and O–H groups in total. The molecule has 0 radical (unpaired) electrons. The summed E-state index contributed by atoms with van der Waals surface area (Å²) in [6.07, 6.45) is -0.0000108. The average molecular weight is 383 g/mol. The van der Waals surface area contributed by atoms with E-state index in [2.05, 4.69) is 27.0 Å². The fourth-order valence-electron chi connectivity index (χ4n) is 2.51. The van der Waals surface area contributed by atoms with Crippen molar-refractivity contribution in [3.05, 3.63) is 5.53 Å². The Hall–Kier alpha value is -2.13. The van der Waals surface area contributed by atoms with Crippen molar-refractivity contribution in [3.63, 3.8) is 0 Å². The van der Waals surface area contributed by atoms with Crippen molar-refractivity contribution in [1.82, 2.24) is 15.1 Å². The highest BCUT2D eigenvalue weighted by atomic mass is 16.5. The standard InChI is InChI=1S/C17H29N5O5/c1-13(26-3)16(24)20-15(5-4-14(23)12-19-18)17(25)27-11-10-22-8-6-21(2)7-9-22/h12-13,15H,4-11H2,1-3H3,(H,20,24)/t13-,15+/m1/s1. The van der Waals surface area contributed by atoms with Crippen molar-refractivity contribution in [2.24, 2.45) is 0 Å². The van der Waals surface area contributed by atoms with Crippen LogP contribution in [0.25, 0.3) is 5.53 Å². The van der Waals surface area contributed by atoms with Crippen LogP contribution >= 0.6 is 0 Å². The van der Waals surface area contributed by atoms with E-state index in [1.807, 2.05) is 0 Å². The number of methoxy groups -OCH3 is 1. The molecule has 152 valence electrons. The Labute approximate surface area is 159 Å². The van der Waals surface area contributed by atoms with Crippen LogP contribution in [0.4, 0.5) is 0 Å². The molecule has 1 aliphatic rings. The van der Waals surface area contributed by atoms with Gasteiger partial charge in [-0.3, -0.25) is 14.5 Å². The zero-order chi connectivity index (χ0) is 20.2. The van der Waals surface area contributed by atoms with Gasteiger partial charge in [0, 0.05) is 46.3 Å². The van der Waals surface area contributed by atoms with Crippen molar-refractivity contribution < 1.29 is 28.6 Å². The van der Waals surface area contributed by atoms with Crippen molar-refractivity contribution in [2.45, 2.75) is 31.9 Å². The van der Waals surface area contributed by atoms with Gasteiger partial charge in [0.05, 0.1) is 0 Å². The number of nitrogens with one attached hydrogen (secondary N) is 1. The number of carbonyl (C=O) groups excluding carboxylic acids is 3. The largest absolute Gasteiger partial charge is 0.463 e. The molecule has 2 atom stereocenters. The Morgan fingerprint density at radius 3 is 2.52 bits per heavy atom. The number of likely N-dealkylation sites (N-methyl/N-ethyl adjacent to an activating group) is 1. The smallest absolute Gasteiger partial charge is 0.328 e. The summed E-state index contributed by atoms with van der Waals surface area (Å²) in [5, 5.41) is 2.54. The Bertz CT molecular complexity index is 556. The van der Waals surface area contributed by atoms with Gasteiger partial charge in [-0.2, -0.15) is 4.79 Å². The molecule has 27 heavy (non-hydrogen) atoms. The van der Waals surface area contributed by atoms with Crippen LogP contribution in [0.2, 0.25) is 0 Å². The molecule has 1 aliphatic heterocycles. The maximum atomic E-state index is 12.4. The highest BCUT2D eigenvalue weighted by Crippen LogP contribution is 2.04. The number of Topliss-reactive ketones (excluding diaryl/α,β-unsaturated/α-hetero) is 1. The highest BCUT2D eigenvalue weighted by molar-refractivity contribution is 6.25. The predicted octanol–water partition coefficient (Wildman–Crippen LogP) is -1.05. The topological polar surface area (TPSA) is 125 Å². The van der Waals surface area contributed by atoms with Crippen molar-refractivity contribution >= 4 is 23.9 Å². The quantitative estimate of drug-likeness (QED) is 0.209. The third kappa shape index (κ3) is 8.87. The third-order valence-electron chi connectivity index (χ3n) is 4.45. The number of ketones is 1. The van der Waals surface area contributed by atoms with Gasteiger partial charge in [-0.15, -0.1) is 0 Å². The summed E-state index contributed by atoms with van der Waals surface area (Å²) < 4.78 is 10.2. The molecular weight excluding hydrogens is 354 g/mol. The number of piperazine rings is 1. The van der Waals surface area contributed by atoms with E-state index >= 15 is 0 Å². The number of hydrogen-bond donors (Lipinski definition) is 1. The first kappa shape index (κ1) is 22.9. The minimum Gasteiger partial charge on any atom is -0.463 e. The molecule has 1 fully saturated rings. The average Bonchev–Trinajstić information content (AvgIpc) is 2.65. The number of carbonyl (C=O) groups is 3. The van der Waals surface area contributed by atoms with Crippen LogP contribution in [0, 0.1) is 0 Å². The van der Waals surface area contributed by atoms with Crippen LogP contribution in [-0.4, -0.2) is 104 Å². The van der Waals surface area contributed by atoms with Gasteiger partial charge in [-0.1, -0.05) is 0 Å². The molecule has 0 unspecified atom stereocenters. The summed E-state index contributed by atoms with van der Waals surface area (Å²) in [5.74, 6) is -1.53. The molecule has 1 saturated heterocycles. The van der Waals surface area contributed by atoms with Crippen LogP contribution in [0.1, 0.15) is 19.8 Å². The van der Waals surface area contributed by atoms with Gasteiger partial charge in [-0.25, -0.2) is 4.79 Å². The van der Waals surface area contributed by atoms with Gasteiger partial charge in [-0.05, 0) is 20.4 Å². The predicted molar refractivity (Wildman–Crippen MR) is 97.2 cm³/mol. The molecule has 0 spiro atoms. The molecule has 1 rings (SSSR count). The second-order valence-corrected chi connectivity index (χ2v) is 6.50. The lowest BCUT2D eigenvalue weighted by Gasteiger charge is -2.32. The molecule has 1 amide bonds. The zero-order valence-corrected chi connectivity index (χ0v) is 16.2. The van der Waals surface area contributed by atoms with Gasteiger partial charge in [0.25, 0.3) is 0 Å². The summed E-state index contributed by atoms with van der Waals surface area (Å²) >= 11 is 0. The second kappa shape index (κ2) is 12.3. The SMILES string of the molecule is CO[C@H](C)C(=O)N[C@@H](CCC(=O)C=[N+]=[N-])C(=O)OCCN1CCN(C)CC1. The summed E-state index contributed by atoms with van der Waals surface area (Å²) in [6, 6.07) is -0.973. The summed E-state index contributed by atoms with van der Waals surface area (Å²) in [4.78, 5) is 42.9. The van der Waals surface area contributed by atoms with Crippen LogP contribution in [0.15, 0.2) is 0 Å². The van der Waals surface area contributed by atoms with Crippen molar-refractivity contribution in [1.29, 1.82) is 0 Å². The van der Waals surface area contributed by atoms with Crippen LogP contribution in [0.3, 0.4) is 0 Å². The fraction of sp³-hybridized carbons (Fsp3) is 0.765. The Morgan fingerprint density at radius 1 is 1.26 bits per heavy atom. The van der Waals surface area contributed by atoms with E-state index in [1.165, 1.54) is 7.11 Å². The van der Waals surface area contributed by atoms with Gasteiger partial charge >= 0.3 is 12.2 Å². The molecule has 0 bridgehead atoms.